The van der Waals surface area contributed by atoms with E-state index in [1.165, 1.54) is 17.2 Å². The average Bonchev–Trinajstić information content (AvgIpc) is 3.54. The molecular weight excluding hydrogens is 640 g/mol. The van der Waals surface area contributed by atoms with Gasteiger partial charge in [0.15, 0.2) is 11.6 Å². The van der Waals surface area contributed by atoms with Crippen LogP contribution in [0.4, 0.5) is 14.6 Å². The maximum absolute atomic E-state index is 16.8. The molecule has 3 aromatic carbocycles. The number of nitrogens with zero attached hydrogens (tertiary/aromatic N) is 7. The van der Waals surface area contributed by atoms with E-state index in [-0.39, 0.29) is 55.1 Å². The molecule has 1 N–H and O–H groups in total. The van der Waals surface area contributed by atoms with Gasteiger partial charge < -0.3 is 29.4 Å². The second-order valence-corrected chi connectivity index (χ2v) is 12.6. The summed E-state index contributed by atoms with van der Waals surface area (Å²) < 4.78 is 38.1. The predicted octanol–water partition coefficient (Wildman–Crippen LogP) is 6.11. The Labute approximate surface area is 288 Å². The Bertz CT molecular complexity index is 2140. The van der Waals surface area contributed by atoms with Gasteiger partial charge in [0.2, 0.25) is 6.54 Å². The summed E-state index contributed by atoms with van der Waals surface area (Å²) in [5.41, 5.74) is 1.12. The second kappa shape index (κ2) is 14.1. The van der Waals surface area contributed by atoms with Crippen molar-refractivity contribution in [3.63, 3.8) is 0 Å². The van der Waals surface area contributed by atoms with Gasteiger partial charge in [0.1, 0.15) is 29.7 Å². The van der Waals surface area contributed by atoms with Crippen molar-refractivity contribution in [2.45, 2.75) is 24.9 Å². The van der Waals surface area contributed by atoms with Crippen molar-refractivity contribution in [3.05, 3.63) is 102 Å². The van der Waals surface area contributed by atoms with Crippen LogP contribution in [0.3, 0.4) is 0 Å². The number of anilines is 1. The second-order valence-electron chi connectivity index (χ2n) is 12.6. The third-order valence-corrected chi connectivity index (χ3v) is 9.49. The highest BCUT2D eigenvalue weighted by atomic mass is 19.1. The molecule has 2 atom stereocenters. The Morgan fingerprint density at radius 2 is 1.88 bits per heavy atom. The Balaban J connectivity index is 1.27. The molecular formula is C38H35F2N7O3. The van der Waals surface area contributed by atoms with Crippen molar-refractivity contribution in [1.82, 2.24) is 24.8 Å². The summed E-state index contributed by atoms with van der Waals surface area (Å²) in [6.07, 6.45) is 4.60. The van der Waals surface area contributed by atoms with Crippen LogP contribution in [0, 0.1) is 12.4 Å². The van der Waals surface area contributed by atoms with Gasteiger partial charge >= 0.3 is 6.01 Å². The summed E-state index contributed by atoms with van der Waals surface area (Å²) >= 11 is 0. The van der Waals surface area contributed by atoms with Crippen molar-refractivity contribution in [3.8, 4) is 22.9 Å². The molecule has 2 fully saturated rings. The summed E-state index contributed by atoms with van der Waals surface area (Å²) in [5.74, 6) is -1.99. The van der Waals surface area contributed by atoms with E-state index in [4.69, 9.17) is 16.3 Å². The first-order chi connectivity index (χ1) is 24.3. The number of aromatic hydroxyl groups is 1. The largest absolute Gasteiger partial charge is 0.508 e. The maximum Gasteiger partial charge on any atom is 0.319 e. The Morgan fingerprint density at radius 1 is 1.04 bits per heavy atom. The Hall–Kier alpha value is -5.67. The van der Waals surface area contributed by atoms with Crippen molar-refractivity contribution in [1.29, 1.82) is 0 Å². The highest BCUT2D eigenvalue weighted by Crippen LogP contribution is 2.38. The zero-order valence-corrected chi connectivity index (χ0v) is 27.5. The molecule has 0 unspecified atom stereocenters. The third-order valence-electron chi connectivity index (χ3n) is 9.49. The number of fused-ring (bicyclic) bond motifs is 2. The van der Waals surface area contributed by atoms with Gasteiger partial charge in [-0.05, 0) is 73.1 Å². The molecule has 0 radical (unpaired) electrons. The lowest BCUT2D eigenvalue weighted by molar-refractivity contribution is -0.130. The molecule has 50 heavy (non-hydrogen) atoms. The number of phenolic OH excluding ortho intramolecular Hbond substituents is 1. The minimum absolute atomic E-state index is 0.00851. The molecule has 0 saturated carbocycles. The number of carbonyl (C=O) groups is 1. The quantitative estimate of drug-likeness (QED) is 0.156. The number of carbonyl (C=O) groups excluding carboxylic acids is 1. The summed E-state index contributed by atoms with van der Waals surface area (Å²) in [5, 5.41) is 12.5. The first-order valence-electron chi connectivity index (χ1n) is 16.5. The van der Waals surface area contributed by atoms with Crippen LogP contribution < -0.4 is 9.64 Å². The number of rotatable bonds is 8. The summed E-state index contributed by atoms with van der Waals surface area (Å²) in [7, 11) is 2.03. The molecule has 2 aliphatic heterocycles. The minimum Gasteiger partial charge on any atom is -0.508 e. The lowest BCUT2D eigenvalue weighted by Crippen LogP contribution is -2.56. The predicted molar refractivity (Wildman–Crippen MR) is 188 cm³/mol. The van der Waals surface area contributed by atoms with E-state index < -0.39 is 23.6 Å². The molecule has 254 valence electrons. The number of benzene rings is 3. The fourth-order valence-corrected chi connectivity index (χ4v) is 6.88. The number of pyridine rings is 1. The van der Waals surface area contributed by atoms with E-state index in [2.05, 4.69) is 19.7 Å². The number of halogens is 2. The summed E-state index contributed by atoms with van der Waals surface area (Å²) in [6.45, 7) is 9.30. The van der Waals surface area contributed by atoms with Crippen LogP contribution in [-0.4, -0.2) is 94.2 Å². The number of phenols is 1. The fraction of sp³-hybridized carbons (Fsp3) is 0.289. The van der Waals surface area contributed by atoms with Gasteiger partial charge in [0, 0.05) is 48.9 Å². The van der Waals surface area contributed by atoms with Gasteiger partial charge in [-0.2, -0.15) is 9.97 Å². The Kier molecular flexibility index (Phi) is 9.23. The molecule has 2 aromatic heterocycles. The van der Waals surface area contributed by atoms with E-state index in [0.717, 1.165) is 36.2 Å². The molecule has 2 saturated heterocycles. The van der Waals surface area contributed by atoms with Gasteiger partial charge in [-0.3, -0.25) is 9.78 Å². The highest BCUT2D eigenvalue weighted by Gasteiger charge is 2.36. The molecule has 4 heterocycles. The van der Waals surface area contributed by atoms with Crippen LogP contribution in [-0.2, 0) is 4.79 Å². The van der Waals surface area contributed by atoms with Crippen LogP contribution in [0.1, 0.15) is 18.5 Å². The number of hydrogen-bond acceptors (Lipinski definition) is 8. The average molecular weight is 676 g/mol. The van der Waals surface area contributed by atoms with E-state index in [0.29, 0.717) is 29.1 Å². The van der Waals surface area contributed by atoms with Crippen LogP contribution in [0.2, 0.25) is 0 Å². The molecule has 0 bridgehead atoms. The van der Waals surface area contributed by atoms with Crippen molar-refractivity contribution >= 4 is 39.5 Å². The Morgan fingerprint density at radius 3 is 2.66 bits per heavy atom. The number of hydrogen-bond donors (Lipinski definition) is 1. The van der Waals surface area contributed by atoms with Crippen LogP contribution in [0.5, 0.6) is 11.8 Å². The van der Waals surface area contributed by atoms with Gasteiger partial charge in [-0.25, -0.2) is 15.4 Å². The lowest BCUT2D eigenvalue weighted by Gasteiger charge is -2.39. The molecule has 5 aromatic rings. The molecule has 0 spiro atoms. The monoisotopic (exact) mass is 675 g/mol. The number of piperazine rings is 1. The van der Waals surface area contributed by atoms with E-state index in [9.17, 15) is 9.90 Å². The molecule has 10 nitrogen and oxygen atoms in total. The molecule has 7 rings (SSSR count). The minimum atomic E-state index is -0.971. The normalized spacial score (nSPS) is 18.5. The molecule has 12 heteroatoms. The van der Waals surface area contributed by atoms with Gasteiger partial charge in [0.25, 0.3) is 5.91 Å². The number of likely N-dealkylation sites (tertiary alicyclic amines) is 1. The number of amides is 1. The standard InChI is InChI=1S/C38H35F2N7O3/c1-41-21-27-22-46(16-17-47(27)37(49)33(39)19-25-9-5-6-14-42-25)36-31-13-12-30(32-20-28(48)18-24-8-3-4-11-29(24)32)34(40)35(31)43-38(44-36)50-23-26-10-7-15-45(26)2/h3-6,8-9,11-14,18-20,26-27,48H,7,10,15-17,21-23H2,2H3/b33-19-/t26-,27-/m0/s1. The van der Waals surface area contributed by atoms with Crippen molar-refractivity contribution in [2.24, 2.45) is 0 Å². The van der Waals surface area contributed by atoms with Crippen molar-refractivity contribution < 1.29 is 23.4 Å². The number of ether oxygens (including phenoxy) is 1. The summed E-state index contributed by atoms with van der Waals surface area (Å²) in [4.78, 5) is 35.7. The topological polar surface area (TPSA) is 99.3 Å². The van der Waals surface area contributed by atoms with E-state index >= 15 is 8.78 Å². The highest BCUT2D eigenvalue weighted by molar-refractivity contribution is 6.01. The van der Waals surface area contributed by atoms with E-state index in [1.54, 1.807) is 36.4 Å². The first-order valence-corrected chi connectivity index (χ1v) is 16.5. The van der Waals surface area contributed by atoms with Gasteiger partial charge in [0.05, 0.1) is 5.69 Å². The zero-order valence-electron chi connectivity index (χ0n) is 27.5. The number of aromatic nitrogens is 3. The zero-order chi connectivity index (χ0) is 34.8. The van der Waals surface area contributed by atoms with Crippen LogP contribution in [0.15, 0.2) is 78.8 Å². The molecule has 0 aliphatic carbocycles. The fourth-order valence-electron chi connectivity index (χ4n) is 6.88. The smallest absolute Gasteiger partial charge is 0.319 e. The van der Waals surface area contributed by atoms with Crippen LogP contribution in [0.25, 0.3) is 43.7 Å². The molecule has 2 aliphatic rings. The van der Waals surface area contributed by atoms with Crippen molar-refractivity contribution in [2.75, 3.05) is 51.3 Å². The SMILES string of the molecule is [C-]#[N+]C[C@H]1CN(c2nc(OC[C@@H]3CCCN3C)nc3c(F)c(-c4cc(O)cc5ccccc45)ccc23)CCN1C(=O)/C(F)=C/c1ccccn1. The van der Waals surface area contributed by atoms with E-state index in [1.807, 2.05) is 36.2 Å². The maximum atomic E-state index is 16.8. The summed E-state index contributed by atoms with van der Waals surface area (Å²) in [6, 6.07) is 18.5. The van der Waals surface area contributed by atoms with Crippen LogP contribution >= 0.6 is 0 Å². The van der Waals surface area contributed by atoms with Gasteiger partial charge in [-0.15, -0.1) is 0 Å². The molecule has 1 amide bonds. The lowest BCUT2D eigenvalue weighted by atomic mass is 9.96. The van der Waals surface area contributed by atoms with Gasteiger partial charge in [-0.1, -0.05) is 36.4 Å². The first kappa shape index (κ1) is 32.9. The third kappa shape index (κ3) is 6.52. The number of likely N-dealkylation sites (N-methyl/N-ethyl adjacent to an activating group) is 1.